The predicted octanol–water partition coefficient (Wildman–Crippen LogP) is 3.31. The van der Waals surface area contributed by atoms with Crippen LogP contribution in [0.2, 0.25) is 0 Å². The molecule has 10 nitrogen and oxygen atoms in total. The molecule has 0 aromatic carbocycles. The maximum atomic E-state index is 13.6. The molecule has 1 aliphatic heterocycles. The Morgan fingerprint density at radius 1 is 1.31 bits per heavy atom. The molecule has 1 unspecified atom stereocenters. The number of rotatable bonds is 8. The number of ketones is 1. The molecule has 3 atom stereocenters. The van der Waals surface area contributed by atoms with Gasteiger partial charge in [0, 0.05) is 34.0 Å². The van der Waals surface area contributed by atoms with Crippen LogP contribution in [-0.2, 0) is 25.6 Å². The van der Waals surface area contributed by atoms with Gasteiger partial charge in [0.15, 0.2) is 0 Å². The van der Waals surface area contributed by atoms with Crippen LogP contribution in [0, 0.1) is 19.8 Å². The lowest BCUT2D eigenvalue weighted by molar-refractivity contribution is 0.0679. The van der Waals surface area contributed by atoms with Crippen molar-refractivity contribution in [3.8, 4) is 0 Å². The molecule has 4 heterocycles. The Kier molecular flexibility index (Phi) is 7.21. The van der Waals surface area contributed by atoms with Gasteiger partial charge in [-0.15, -0.1) is 22.7 Å². The number of anilines is 1. The van der Waals surface area contributed by atoms with Gasteiger partial charge in [0.05, 0.1) is 34.4 Å². The van der Waals surface area contributed by atoms with Gasteiger partial charge in [-0.05, 0) is 45.1 Å². The molecule has 0 amide bonds. The van der Waals surface area contributed by atoms with Gasteiger partial charge < -0.3 is 10.1 Å². The molecule has 3 aromatic heterocycles. The second-order valence-electron chi connectivity index (χ2n) is 9.08. The van der Waals surface area contributed by atoms with Crippen LogP contribution >= 0.6 is 22.7 Å². The Morgan fingerprint density at radius 2 is 2.14 bits per heavy atom. The molecule has 1 aliphatic carbocycles. The van der Waals surface area contributed by atoms with Crippen molar-refractivity contribution < 1.29 is 22.1 Å². The van der Waals surface area contributed by atoms with Crippen LogP contribution < -0.4 is 10.5 Å². The Hall–Kier alpha value is -2.29. The monoisotopic (exact) mass is 549 g/mol. The van der Waals surface area contributed by atoms with Crippen LogP contribution in [0.5, 0.6) is 0 Å². The number of thiazole rings is 1. The zero-order valence-corrected chi connectivity index (χ0v) is 22.3. The number of thiophene rings is 1. The molecule has 0 spiro atoms. The van der Waals surface area contributed by atoms with E-state index in [1.807, 2.05) is 19.9 Å². The van der Waals surface area contributed by atoms with Crippen LogP contribution in [-0.4, -0.2) is 48.4 Å². The highest BCUT2D eigenvalue weighted by Crippen LogP contribution is 2.39. The zero-order chi connectivity index (χ0) is 25.4. The fourth-order valence-electron chi connectivity index (χ4n) is 4.81. The van der Waals surface area contributed by atoms with Gasteiger partial charge in [0.25, 0.3) is 0 Å². The third kappa shape index (κ3) is 5.50. The maximum Gasteiger partial charge on any atom is 0.333 e. The summed E-state index contributed by atoms with van der Waals surface area (Å²) >= 11 is 3.13. The van der Waals surface area contributed by atoms with E-state index in [4.69, 9.17) is 19.0 Å². The highest BCUT2D eigenvalue weighted by Gasteiger charge is 2.31. The Labute approximate surface area is 217 Å². The van der Waals surface area contributed by atoms with Crippen molar-refractivity contribution in [1.29, 1.82) is 0 Å². The molecule has 13 heteroatoms. The van der Waals surface area contributed by atoms with Crippen molar-refractivity contribution in [2.75, 3.05) is 18.5 Å². The van der Waals surface area contributed by atoms with Crippen LogP contribution in [0.3, 0.4) is 0 Å². The second kappa shape index (κ2) is 10.2. The molecule has 1 saturated carbocycles. The van der Waals surface area contributed by atoms with Gasteiger partial charge in [0.2, 0.25) is 5.78 Å². The first-order valence-corrected chi connectivity index (χ1v) is 14.7. The zero-order valence-electron chi connectivity index (χ0n) is 19.9. The topological polar surface area (TPSA) is 146 Å². The summed E-state index contributed by atoms with van der Waals surface area (Å²) in [5.41, 5.74) is 2.31. The number of hydrogen-bond donors (Lipinski definition) is 2. The minimum atomic E-state index is -3.96. The number of hydrogen-bond acceptors (Lipinski definition) is 11. The van der Waals surface area contributed by atoms with E-state index in [9.17, 15) is 13.2 Å². The van der Waals surface area contributed by atoms with Crippen LogP contribution in [0.4, 0.5) is 5.82 Å². The standard InChI is InChI=1S/C23H27N5O5S3/c1-12-16(22-20-18(5-6-32-22)35-13(2)27-20)8-19(34-12)21(29)17-9-25-11-26-23(17)28-15-4-3-14(7-15)10-33-36(24,30)31/h8-9,11,14-15,22H,3-7,10H2,1-2H3,(H2,24,30,31)(H,25,26,28)/t14-,15+,22?/m1/s1. The predicted molar refractivity (Wildman–Crippen MR) is 137 cm³/mol. The lowest BCUT2D eigenvalue weighted by atomic mass is 10.0. The van der Waals surface area contributed by atoms with Gasteiger partial charge in [0.1, 0.15) is 18.2 Å². The number of carbonyl (C=O) groups excluding carboxylic acids is 1. The minimum Gasteiger partial charge on any atom is -0.367 e. The Bertz CT molecular complexity index is 1390. The molecule has 0 bridgehead atoms. The molecular weight excluding hydrogens is 522 g/mol. The number of aryl methyl sites for hydroxylation is 2. The largest absolute Gasteiger partial charge is 0.367 e. The average molecular weight is 550 g/mol. The van der Waals surface area contributed by atoms with E-state index in [1.54, 1.807) is 11.3 Å². The highest BCUT2D eigenvalue weighted by atomic mass is 32.2. The minimum absolute atomic E-state index is 0.0307. The summed E-state index contributed by atoms with van der Waals surface area (Å²) in [5.74, 6) is 0.362. The van der Waals surface area contributed by atoms with E-state index >= 15 is 0 Å². The summed E-state index contributed by atoms with van der Waals surface area (Å²) in [7, 11) is -3.96. The molecule has 1 fully saturated rings. The van der Waals surface area contributed by atoms with E-state index in [2.05, 4.69) is 15.3 Å². The van der Waals surface area contributed by atoms with Gasteiger partial charge in [-0.25, -0.2) is 20.1 Å². The maximum absolute atomic E-state index is 13.6. The summed E-state index contributed by atoms with van der Waals surface area (Å²) < 4.78 is 33.0. The normalized spacial score (nSPS) is 21.9. The first-order valence-electron chi connectivity index (χ1n) is 11.6. The molecule has 3 aromatic rings. The lowest BCUT2D eigenvalue weighted by Gasteiger charge is -2.22. The van der Waals surface area contributed by atoms with Crippen LogP contribution in [0.25, 0.3) is 0 Å². The molecule has 0 radical (unpaired) electrons. The number of aromatic nitrogens is 3. The van der Waals surface area contributed by atoms with Crippen molar-refractivity contribution in [2.24, 2.45) is 11.1 Å². The molecule has 2 aliphatic rings. The Morgan fingerprint density at radius 3 is 2.94 bits per heavy atom. The molecule has 3 N–H and O–H groups in total. The number of nitrogens with zero attached hydrogens (tertiary/aromatic N) is 3. The van der Waals surface area contributed by atoms with E-state index in [0.717, 1.165) is 40.4 Å². The van der Waals surface area contributed by atoms with Crippen LogP contribution in [0.15, 0.2) is 18.6 Å². The van der Waals surface area contributed by atoms with Crippen molar-refractivity contribution in [2.45, 2.75) is 51.7 Å². The van der Waals surface area contributed by atoms with Gasteiger partial charge in [-0.2, -0.15) is 8.42 Å². The first kappa shape index (κ1) is 25.4. The summed E-state index contributed by atoms with van der Waals surface area (Å²) in [6, 6.07) is 1.94. The number of carbonyl (C=O) groups is 1. The molecule has 192 valence electrons. The molecule has 0 saturated heterocycles. The van der Waals surface area contributed by atoms with Crippen molar-refractivity contribution in [3.63, 3.8) is 0 Å². The van der Waals surface area contributed by atoms with E-state index in [0.29, 0.717) is 29.3 Å². The SMILES string of the molecule is Cc1nc2c(s1)CCOC2c1cc(C(=O)c2cncnc2N[C@H]2CC[C@@H](COS(N)(=O)=O)C2)sc1C. The number of ether oxygens (including phenoxy) is 1. The average Bonchev–Trinajstić information content (AvgIpc) is 3.54. The van der Waals surface area contributed by atoms with Gasteiger partial charge >= 0.3 is 10.3 Å². The first-order chi connectivity index (χ1) is 17.2. The van der Waals surface area contributed by atoms with E-state index < -0.39 is 10.3 Å². The Balaban J connectivity index is 1.33. The summed E-state index contributed by atoms with van der Waals surface area (Å²) in [4.78, 5) is 29.5. The highest BCUT2D eigenvalue weighted by molar-refractivity contribution is 7.84. The smallest absolute Gasteiger partial charge is 0.333 e. The number of fused-ring (bicyclic) bond motifs is 1. The van der Waals surface area contributed by atoms with Crippen molar-refractivity contribution in [3.05, 3.63) is 55.1 Å². The van der Waals surface area contributed by atoms with Crippen LogP contribution in [0.1, 0.15) is 66.6 Å². The third-order valence-electron chi connectivity index (χ3n) is 6.47. The fraction of sp³-hybridized carbons (Fsp3) is 0.478. The summed E-state index contributed by atoms with van der Waals surface area (Å²) in [5, 5.41) is 9.30. The molecule has 5 rings (SSSR count). The lowest BCUT2D eigenvalue weighted by Crippen LogP contribution is -2.22. The number of nitrogens with one attached hydrogen (secondary N) is 1. The molecular formula is C23H27N5O5S3. The van der Waals surface area contributed by atoms with Gasteiger partial charge in [-0.1, -0.05) is 0 Å². The third-order valence-corrected chi connectivity index (χ3v) is 9.04. The quantitative estimate of drug-likeness (QED) is 0.404. The molecule has 36 heavy (non-hydrogen) atoms. The fourth-order valence-corrected chi connectivity index (χ4v) is 7.14. The van der Waals surface area contributed by atoms with Gasteiger partial charge in [-0.3, -0.25) is 8.98 Å². The van der Waals surface area contributed by atoms with Crippen molar-refractivity contribution >= 4 is 44.6 Å². The summed E-state index contributed by atoms with van der Waals surface area (Å²) in [6.07, 6.45) is 5.80. The second-order valence-corrected chi connectivity index (χ2v) is 12.8. The van der Waals surface area contributed by atoms with E-state index in [-0.39, 0.29) is 30.5 Å². The number of nitrogens with two attached hydrogens (primary N) is 1. The van der Waals surface area contributed by atoms with Crippen molar-refractivity contribution in [1.82, 2.24) is 15.0 Å². The summed E-state index contributed by atoms with van der Waals surface area (Å²) in [6.45, 7) is 4.67. The van der Waals surface area contributed by atoms with E-state index in [1.165, 1.54) is 28.7 Å².